The molecule has 60 valence electrons. The lowest BCUT2D eigenvalue weighted by atomic mass is 10.3. The van der Waals surface area contributed by atoms with E-state index in [-0.39, 0.29) is 0 Å². The molecule has 4 heteroatoms. The maximum Gasteiger partial charge on any atom is 0.140 e. The fourth-order valence-corrected chi connectivity index (χ4v) is 2.08. The second-order valence-corrected chi connectivity index (χ2v) is 4.10. The molecule has 3 nitrogen and oxygen atoms in total. The molecule has 1 fully saturated rings. The highest BCUT2D eigenvalue weighted by molar-refractivity contribution is 7.38. The summed E-state index contributed by atoms with van der Waals surface area (Å²) in [6.45, 7) is 2.37. The summed E-state index contributed by atoms with van der Waals surface area (Å²) in [4.78, 5) is 0. The highest BCUT2D eigenvalue weighted by Crippen LogP contribution is 2.30. The lowest BCUT2D eigenvalue weighted by Gasteiger charge is -2.32. The number of nitrogens with two attached hydrogens (primary N) is 1. The number of aliphatic hydroxyl groups is 1. The Labute approximate surface area is 62.7 Å². The van der Waals surface area contributed by atoms with Gasteiger partial charge >= 0.3 is 0 Å². The standard InChI is InChI=1S/C6H14NO2P/c1-2-5-9-3-6(7,8)4-10-5/h5,8,10H,2-4,7H2,1H3. The van der Waals surface area contributed by atoms with E-state index in [9.17, 15) is 5.11 Å². The largest absolute Gasteiger partial charge is 0.373 e. The zero-order chi connectivity index (χ0) is 7.61. The van der Waals surface area contributed by atoms with Gasteiger partial charge in [0.05, 0.1) is 12.5 Å². The van der Waals surface area contributed by atoms with Gasteiger partial charge in [0.1, 0.15) is 5.72 Å². The lowest BCUT2D eigenvalue weighted by Crippen LogP contribution is -2.50. The minimum absolute atomic E-state index is 0.290. The van der Waals surface area contributed by atoms with E-state index >= 15 is 0 Å². The zero-order valence-electron chi connectivity index (χ0n) is 6.13. The van der Waals surface area contributed by atoms with Crippen LogP contribution in [0.15, 0.2) is 0 Å². The third kappa shape index (κ3) is 2.17. The molecule has 0 amide bonds. The van der Waals surface area contributed by atoms with Crippen LogP contribution in [0.4, 0.5) is 0 Å². The highest BCUT2D eigenvalue weighted by Gasteiger charge is 2.28. The van der Waals surface area contributed by atoms with Gasteiger partial charge in [0.2, 0.25) is 0 Å². The summed E-state index contributed by atoms with van der Waals surface area (Å²) < 4.78 is 5.28. The number of ether oxygens (including phenoxy) is 1. The molecule has 10 heavy (non-hydrogen) atoms. The SMILES string of the molecule is CCC1OCC(N)(O)CP1. The molecule has 0 radical (unpaired) electrons. The third-order valence-corrected chi connectivity index (χ3v) is 3.39. The van der Waals surface area contributed by atoms with Gasteiger partial charge in [-0.15, -0.1) is 0 Å². The summed E-state index contributed by atoms with van der Waals surface area (Å²) in [5, 5.41) is 9.25. The van der Waals surface area contributed by atoms with Crippen LogP contribution in [0.5, 0.6) is 0 Å². The molecule has 1 aliphatic rings. The summed E-state index contributed by atoms with van der Waals surface area (Å²) in [6.07, 6.45) is 1.71. The van der Waals surface area contributed by atoms with Crippen LogP contribution in [-0.2, 0) is 4.74 Å². The molecule has 0 saturated carbocycles. The van der Waals surface area contributed by atoms with Crippen molar-refractivity contribution in [3.63, 3.8) is 0 Å². The quantitative estimate of drug-likeness (QED) is 0.425. The van der Waals surface area contributed by atoms with Crippen molar-refractivity contribution < 1.29 is 9.84 Å². The van der Waals surface area contributed by atoms with Crippen LogP contribution in [0.2, 0.25) is 0 Å². The van der Waals surface area contributed by atoms with Crippen molar-refractivity contribution in [2.24, 2.45) is 5.73 Å². The van der Waals surface area contributed by atoms with E-state index in [2.05, 4.69) is 6.92 Å². The Bertz CT molecular complexity index is 108. The molecule has 0 aliphatic carbocycles. The van der Waals surface area contributed by atoms with Crippen LogP contribution in [0.25, 0.3) is 0 Å². The van der Waals surface area contributed by atoms with E-state index in [1.807, 2.05) is 0 Å². The minimum Gasteiger partial charge on any atom is -0.373 e. The molecule has 1 heterocycles. The molecule has 1 saturated heterocycles. The summed E-state index contributed by atoms with van der Waals surface area (Å²) in [6, 6.07) is 0. The third-order valence-electron chi connectivity index (χ3n) is 1.54. The van der Waals surface area contributed by atoms with Crippen LogP contribution < -0.4 is 5.73 Å². The molecule has 3 atom stereocenters. The topological polar surface area (TPSA) is 55.5 Å². The van der Waals surface area contributed by atoms with Crippen molar-refractivity contribution in [2.75, 3.05) is 12.8 Å². The summed E-state index contributed by atoms with van der Waals surface area (Å²) in [5.74, 6) is 0.337. The first-order valence-corrected chi connectivity index (χ1v) is 4.79. The van der Waals surface area contributed by atoms with Crippen molar-refractivity contribution in [1.29, 1.82) is 0 Å². The summed E-state index contributed by atoms with van der Waals surface area (Å²) in [5.41, 5.74) is 4.38. The van der Waals surface area contributed by atoms with Gasteiger partial charge < -0.3 is 15.6 Å². The van der Waals surface area contributed by atoms with E-state index in [1.54, 1.807) is 0 Å². The second-order valence-electron chi connectivity index (χ2n) is 2.69. The molecule has 0 aromatic heterocycles. The van der Waals surface area contributed by atoms with Crippen molar-refractivity contribution in [1.82, 2.24) is 0 Å². The van der Waals surface area contributed by atoms with Crippen LogP contribution in [0.3, 0.4) is 0 Å². The van der Waals surface area contributed by atoms with E-state index in [1.165, 1.54) is 0 Å². The highest BCUT2D eigenvalue weighted by atomic mass is 31.1. The first kappa shape index (κ1) is 8.41. The smallest absolute Gasteiger partial charge is 0.140 e. The van der Waals surface area contributed by atoms with Gasteiger partial charge in [-0.25, -0.2) is 0 Å². The maximum atomic E-state index is 9.25. The lowest BCUT2D eigenvalue weighted by molar-refractivity contribution is -0.0471. The average molecular weight is 163 g/mol. The summed E-state index contributed by atoms with van der Waals surface area (Å²) >= 11 is 0. The average Bonchev–Trinajstić information content (AvgIpc) is 1.88. The Balaban J connectivity index is 2.31. The van der Waals surface area contributed by atoms with E-state index in [0.717, 1.165) is 6.42 Å². The van der Waals surface area contributed by atoms with Gasteiger partial charge in [-0.05, 0) is 6.42 Å². The Morgan fingerprint density at radius 1 is 1.90 bits per heavy atom. The normalized spacial score (nSPS) is 44.1. The van der Waals surface area contributed by atoms with Gasteiger partial charge in [-0.1, -0.05) is 15.5 Å². The second kappa shape index (κ2) is 3.14. The van der Waals surface area contributed by atoms with Crippen molar-refractivity contribution in [3.8, 4) is 0 Å². The van der Waals surface area contributed by atoms with Crippen LogP contribution in [0, 0.1) is 0 Å². The van der Waals surface area contributed by atoms with E-state index in [0.29, 0.717) is 27.2 Å². The van der Waals surface area contributed by atoms with Crippen molar-refractivity contribution in [3.05, 3.63) is 0 Å². The Kier molecular flexibility index (Phi) is 2.64. The molecule has 0 bridgehead atoms. The molecule has 1 aliphatic heterocycles. The molecule has 0 aromatic carbocycles. The number of hydrogen-bond donors (Lipinski definition) is 2. The fourth-order valence-electron chi connectivity index (χ4n) is 0.908. The predicted molar refractivity (Wildman–Crippen MR) is 42.4 cm³/mol. The molecule has 3 unspecified atom stereocenters. The van der Waals surface area contributed by atoms with Gasteiger partial charge in [0.25, 0.3) is 0 Å². The van der Waals surface area contributed by atoms with E-state index < -0.39 is 5.72 Å². The van der Waals surface area contributed by atoms with Crippen LogP contribution >= 0.6 is 8.58 Å². The fraction of sp³-hybridized carbons (Fsp3) is 1.00. The van der Waals surface area contributed by atoms with E-state index in [4.69, 9.17) is 10.5 Å². The van der Waals surface area contributed by atoms with Gasteiger partial charge in [0, 0.05) is 6.16 Å². The number of hydrogen-bond acceptors (Lipinski definition) is 3. The van der Waals surface area contributed by atoms with Crippen molar-refractivity contribution in [2.45, 2.75) is 24.9 Å². The molecule has 0 aromatic rings. The molecule has 1 rings (SSSR count). The maximum absolute atomic E-state index is 9.25. The Morgan fingerprint density at radius 3 is 3.00 bits per heavy atom. The van der Waals surface area contributed by atoms with Crippen LogP contribution in [0.1, 0.15) is 13.3 Å². The monoisotopic (exact) mass is 163 g/mol. The van der Waals surface area contributed by atoms with Gasteiger partial charge in [-0.3, -0.25) is 0 Å². The molecule has 3 N–H and O–H groups in total. The zero-order valence-corrected chi connectivity index (χ0v) is 7.13. The van der Waals surface area contributed by atoms with Gasteiger partial charge in [-0.2, -0.15) is 0 Å². The molecule has 0 spiro atoms. The van der Waals surface area contributed by atoms with Crippen LogP contribution in [-0.4, -0.2) is 29.4 Å². The first-order chi connectivity index (χ1) is 4.64. The van der Waals surface area contributed by atoms with Crippen molar-refractivity contribution >= 4 is 8.58 Å². The first-order valence-electron chi connectivity index (χ1n) is 3.50. The Hall–Kier alpha value is 0.310. The van der Waals surface area contributed by atoms with Gasteiger partial charge in [0.15, 0.2) is 0 Å². The minimum atomic E-state index is -1.05. The summed E-state index contributed by atoms with van der Waals surface area (Å²) in [7, 11) is 0.647. The number of rotatable bonds is 1. The molecular formula is C6H14NO2P. The Morgan fingerprint density at radius 2 is 2.60 bits per heavy atom. The molecular weight excluding hydrogens is 149 g/mol. The predicted octanol–water partition coefficient (Wildman–Crippen LogP) is 0.0785.